The maximum absolute atomic E-state index is 15.3. The molecule has 41 heavy (non-hydrogen) atoms. The van der Waals surface area contributed by atoms with Crippen molar-refractivity contribution in [2.45, 2.75) is 36.1 Å². The highest BCUT2D eigenvalue weighted by atomic mass is 32.2. The van der Waals surface area contributed by atoms with Crippen molar-refractivity contribution in [2.24, 2.45) is 0 Å². The number of hydrogen-bond donors (Lipinski definition) is 0. The third-order valence-electron chi connectivity index (χ3n) is 7.65. The van der Waals surface area contributed by atoms with Crippen LogP contribution in [-0.2, 0) is 17.1 Å². The van der Waals surface area contributed by atoms with Crippen LogP contribution < -0.4 is 15.2 Å². The van der Waals surface area contributed by atoms with E-state index in [0.29, 0.717) is 25.1 Å². The van der Waals surface area contributed by atoms with Gasteiger partial charge in [0.2, 0.25) is 11.8 Å². The number of ether oxygens (including phenoxy) is 2. The quantitative estimate of drug-likeness (QED) is 0.335. The molecular weight excluding hydrogens is 548 g/mol. The Kier molecular flexibility index (Phi) is 6.51. The molecule has 10 heteroatoms. The lowest BCUT2D eigenvalue weighted by molar-refractivity contribution is -0.0999. The van der Waals surface area contributed by atoms with Crippen molar-refractivity contribution in [3.8, 4) is 5.75 Å². The molecule has 0 spiro atoms. The van der Waals surface area contributed by atoms with Gasteiger partial charge in [-0.2, -0.15) is 0 Å². The minimum absolute atomic E-state index is 0.0636. The molecule has 0 aliphatic carbocycles. The van der Waals surface area contributed by atoms with Crippen LogP contribution >= 0.6 is 11.8 Å². The highest BCUT2D eigenvalue weighted by Gasteiger charge is 2.47. The fraction of sp³-hybridized carbons (Fsp3) is 0.226. The van der Waals surface area contributed by atoms with Gasteiger partial charge >= 0.3 is 0 Å². The maximum Gasteiger partial charge on any atom is 0.279 e. The third-order valence-corrected chi connectivity index (χ3v) is 8.77. The molecule has 3 aliphatic rings. The van der Waals surface area contributed by atoms with Crippen LogP contribution in [0.15, 0.2) is 88.7 Å². The topological polar surface area (TPSA) is 64.0 Å². The first kappa shape index (κ1) is 25.8. The average molecular weight is 574 g/mol. The maximum atomic E-state index is 15.3. The first-order valence-corrected chi connectivity index (χ1v) is 14.3. The smallest absolute Gasteiger partial charge is 0.279 e. The lowest BCUT2D eigenvalue weighted by Gasteiger charge is -2.51. The van der Waals surface area contributed by atoms with Crippen LogP contribution in [0.25, 0.3) is 0 Å². The number of carbonyl (C=O) groups excluding carboxylic acids is 1. The molecule has 7 rings (SSSR count). The Morgan fingerprint density at radius 3 is 2.61 bits per heavy atom. The van der Waals surface area contributed by atoms with Crippen LogP contribution in [0.2, 0.25) is 0 Å². The first-order valence-electron chi connectivity index (χ1n) is 13.3. The normalized spacial score (nSPS) is 19.5. The molecule has 1 aromatic heterocycles. The number of aromatic nitrogens is 1. The molecule has 7 nitrogen and oxygen atoms in total. The molecule has 208 valence electrons. The molecule has 0 saturated carbocycles. The standard InChI is InChI=1S/C31H25F2N3O4S/c32-23-12-11-20-22(26(23)33)18-41-25-10-5-4-9-21(25)27(20)36-31-34(14-6-16-39-31)30(38)28-29(24(37)13-15-35(28)36)40-17-19-7-2-1-3-8-19/h1-5,7-13,15,27,31H,6,14,16-18H2/t27-,31+/m0/s1. The lowest BCUT2D eigenvalue weighted by Crippen LogP contribution is -2.65. The van der Waals surface area contributed by atoms with Crippen molar-refractivity contribution in [1.82, 2.24) is 9.58 Å². The highest BCUT2D eigenvalue weighted by molar-refractivity contribution is 7.98. The number of fused-ring (bicyclic) bond motifs is 4. The molecule has 0 bridgehead atoms. The Balaban J connectivity index is 1.45. The number of benzene rings is 3. The van der Waals surface area contributed by atoms with Crippen molar-refractivity contribution >= 4 is 17.7 Å². The van der Waals surface area contributed by atoms with E-state index in [0.717, 1.165) is 22.1 Å². The number of rotatable bonds is 4. The van der Waals surface area contributed by atoms with E-state index < -0.39 is 35.4 Å². The van der Waals surface area contributed by atoms with E-state index in [1.54, 1.807) is 15.6 Å². The van der Waals surface area contributed by atoms with E-state index in [-0.39, 0.29) is 29.4 Å². The van der Waals surface area contributed by atoms with Gasteiger partial charge in [-0.1, -0.05) is 54.6 Å². The number of carbonyl (C=O) groups is 1. The number of hydrogen-bond acceptors (Lipinski definition) is 6. The van der Waals surface area contributed by atoms with Gasteiger partial charge in [-0.15, -0.1) is 11.8 Å². The Labute approximate surface area is 238 Å². The second-order valence-corrected chi connectivity index (χ2v) is 11.1. The molecule has 0 N–H and O–H groups in total. The van der Waals surface area contributed by atoms with Gasteiger partial charge in [0.15, 0.2) is 23.1 Å². The minimum Gasteiger partial charge on any atom is -0.482 e. The highest BCUT2D eigenvalue weighted by Crippen LogP contribution is 2.45. The molecule has 3 aromatic carbocycles. The largest absolute Gasteiger partial charge is 0.482 e. The third kappa shape index (κ3) is 4.29. The molecule has 4 aromatic rings. The number of amides is 1. The van der Waals surface area contributed by atoms with Crippen LogP contribution in [0, 0.1) is 11.6 Å². The van der Waals surface area contributed by atoms with E-state index in [1.807, 2.05) is 59.6 Å². The van der Waals surface area contributed by atoms with E-state index in [1.165, 1.54) is 24.0 Å². The molecule has 1 saturated heterocycles. The fourth-order valence-electron chi connectivity index (χ4n) is 5.76. The van der Waals surface area contributed by atoms with Crippen molar-refractivity contribution in [3.63, 3.8) is 0 Å². The summed E-state index contributed by atoms with van der Waals surface area (Å²) in [7, 11) is 0. The minimum atomic E-state index is -0.918. The second kappa shape index (κ2) is 10.4. The molecule has 3 aliphatic heterocycles. The summed E-state index contributed by atoms with van der Waals surface area (Å²) in [5, 5.41) is 1.84. The van der Waals surface area contributed by atoms with Crippen molar-refractivity contribution < 1.29 is 23.0 Å². The zero-order valence-corrected chi connectivity index (χ0v) is 22.7. The Morgan fingerprint density at radius 1 is 0.951 bits per heavy atom. The van der Waals surface area contributed by atoms with Crippen LogP contribution in [-0.4, -0.2) is 35.0 Å². The molecule has 1 amide bonds. The second-order valence-electron chi connectivity index (χ2n) is 10.1. The Hall–Kier alpha value is -4.15. The summed E-state index contributed by atoms with van der Waals surface area (Å²) in [5.74, 6) is -2.05. The summed E-state index contributed by atoms with van der Waals surface area (Å²) in [4.78, 5) is 29.6. The molecule has 4 heterocycles. The Morgan fingerprint density at radius 2 is 1.76 bits per heavy atom. The predicted octanol–water partition coefficient (Wildman–Crippen LogP) is 5.20. The SMILES string of the molecule is O=C1c2c(OCc3ccccc3)c(=O)ccn2N([C@@H]2c3ccccc3SCc3c2ccc(F)c3F)[C@@H]2OCCCN12. The predicted molar refractivity (Wildman–Crippen MR) is 149 cm³/mol. The fourth-order valence-corrected chi connectivity index (χ4v) is 6.87. The zero-order chi connectivity index (χ0) is 28.1. The van der Waals surface area contributed by atoms with E-state index in [9.17, 15) is 14.0 Å². The van der Waals surface area contributed by atoms with Gasteiger partial charge in [0.25, 0.3) is 5.91 Å². The van der Waals surface area contributed by atoms with Gasteiger partial charge in [0.1, 0.15) is 12.6 Å². The van der Waals surface area contributed by atoms with E-state index in [4.69, 9.17) is 9.47 Å². The monoisotopic (exact) mass is 573 g/mol. The van der Waals surface area contributed by atoms with Gasteiger partial charge in [-0.25, -0.2) is 8.78 Å². The summed E-state index contributed by atoms with van der Waals surface area (Å²) >= 11 is 1.43. The van der Waals surface area contributed by atoms with E-state index in [2.05, 4.69) is 0 Å². The summed E-state index contributed by atoms with van der Waals surface area (Å²) in [6, 6.07) is 20.5. The van der Waals surface area contributed by atoms with Crippen LogP contribution in [0.1, 0.15) is 45.2 Å². The summed E-state index contributed by atoms with van der Waals surface area (Å²) in [5.41, 5.74) is 2.13. The number of nitrogens with zero attached hydrogens (tertiary/aromatic N) is 3. The molecule has 0 unspecified atom stereocenters. The van der Waals surface area contributed by atoms with Gasteiger partial charge < -0.3 is 9.47 Å². The van der Waals surface area contributed by atoms with Crippen LogP contribution in [0.4, 0.5) is 8.78 Å². The number of halogens is 2. The van der Waals surface area contributed by atoms with Gasteiger partial charge in [-0.05, 0) is 35.2 Å². The molecular formula is C31H25F2N3O4S. The number of thioether (sulfide) groups is 1. The van der Waals surface area contributed by atoms with E-state index >= 15 is 4.39 Å². The molecule has 2 atom stereocenters. The summed E-state index contributed by atoms with van der Waals surface area (Å²) in [6.07, 6.45) is 1.29. The van der Waals surface area contributed by atoms with Gasteiger partial charge in [-0.3, -0.25) is 24.2 Å². The van der Waals surface area contributed by atoms with Gasteiger partial charge in [0, 0.05) is 35.0 Å². The van der Waals surface area contributed by atoms with Gasteiger partial charge in [0.05, 0.1) is 6.61 Å². The zero-order valence-electron chi connectivity index (χ0n) is 21.8. The van der Waals surface area contributed by atoms with Crippen LogP contribution in [0.5, 0.6) is 5.75 Å². The first-order chi connectivity index (χ1) is 20.0. The summed E-state index contributed by atoms with van der Waals surface area (Å²) in [6.45, 7) is 0.900. The van der Waals surface area contributed by atoms with Crippen molar-refractivity contribution in [3.05, 3.63) is 129 Å². The van der Waals surface area contributed by atoms with Crippen molar-refractivity contribution in [2.75, 3.05) is 18.2 Å². The molecule has 0 radical (unpaired) electrons. The summed E-state index contributed by atoms with van der Waals surface area (Å²) < 4.78 is 43.7. The molecule has 1 fully saturated rings. The Bertz CT molecular complexity index is 1710. The van der Waals surface area contributed by atoms with Crippen molar-refractivity contribution in [1.29, 1.82) is 0 Å². The average Bonchev–Trinajstić information content (AvgIpc) is 3.17. The van der Waals surface area contributed by atoms with Crippen LogP contribution in [0.3, 0.4) is 0 Å². The number of pyridine rings is 1. The lowest BCUT2D eigenvalue weighted by atomic mass is 9.93.